The molecule has 0 aliphatic heterocycles. The van der Waals surface area contributed by atoms with Crippen LogP contribution in [0.1, 0.15) is 29.7 Å². The van der Waals surface area contributed by atoms with E-state index in [2.05, 4.69) is 40.1 Å². The van der Waals surface area contributed by atoms with Gasteiger partial charge in [-0.05, 0) is 48.4 Å². The highest BCUT2D eigenvalue weighted by Gasteiger charge is 2.18. The molecular formula is C15H16BrFN2. The fraction of sp³-hybridized carbons (Fsp3) is 0.267. The highest BCUT2D eigenvalue weighted by Crippen LogP contribution is 2.30. The van der Waals surface area contributed by atoms with Gasteiger partial charge in [0.15, 0.2) is 0 Å². The molecule has 0 saturated carbocycles. The molecule has 2 nitrogen and oxygen atoms in total. The molecule has 0 spiro atoms. The summed E-state index contributed by atoms with van der Waals surface area (Å²) in [6.07, 6.45) is 3.64. The van der Waals surface area contributed by atoms with Crippen LogP contribution in [0.25, 0.3) is 0 Å². The highest BCUT2D eigenvalue weighted by molar-refractivity contribution is 9.10. The molecule has 2 rings (SSSR count). The standard InChI is InChI=1S/C15H16BrFN2/c1-3-19-15(13-9-18-7-6-10(13)2)12-5-4-11(17)8-14(12)16/h4-9,15,19H,3H2,1-2H3. The summed E-state index contributed by atoms with van der Waals surface area (Å²) in [7, 11) is 0. The van der Waals surface area contributed by atoms with Gasteiger partial charge in [0, 0.05) is 16.9 Å². The number of nitrogens with one attached hydrogen (secondary N) is 1. The van der Waals surface area contributed by atoms with E-state index in [1.165, 1.54) is 12.1 Å². The minimum Gasteiger partial charge on any atom is -0.306 e. The van der Waals surface area contributed by atoms with Crippen molar-refractivity contribution in [3.05, 3.63) is 63.6 Å². The van der Waals surface area contributed by atoms with Gasteiger partial charge in [0.1, 0.15) is 5.82 Å². The number of aromatic nitrogens is 1. The molecule has 4 heteroatoms. The summed E-state index contributed by atoms with van der Waals surface area (Å²) in [5, 5.41) is 3.42. The highest BCUT2D eigenvalue weighted by atomic mass is 79.9. The van der Waals surface area contributed by atoms with Crippen LogP contribution in [0.5, 0.6) is 0 Å². The molecule has 0 aliphatic carbocycles. The van der Waals surface area contributed by atoms with E-state index >= 15 is 0 Å². The molecule has 2 aromatic rings. The van der Waals surface area contributed by atoms with E-state index < -0.39 is 0 Å². The van der Waals surface area contributed by atoms with Gasteiger partial charge in [-0.25, -0.2) is 4.39 Å². The third kappa shape index (κ3) is 3.19. The van der Waals surface area contributed by atoms with Gasteiger partial charge < -0.3 is 5.32 Å². The van der Waals surface area contributed by atoms with Crippen LogP contribution in [0.3, 0.4) is 0 Å². The van der Waals surface area contributed by atoms with Gasteiger partial charge >= 0.3 is 0 Å². The Labute approximate surface area is 121 Å². The van der Waals surface area contributed by atoms with Crippen molar-refractivity contribution in [3.63, 3.8) is 0 Å². The zero-order valence-corrected chi connectivity index (χ0v) is 12.5. The zero-order chi connectivity index (χ0) is 13.8. The first-order chi connectivity index (χ1) is 9.13. The molecule has 1 unspecified atom stereocenters. The zero-order valence-electron chi connectivity index (χ0n) is 11.0. The number of benzene rings is 1. The predicted molar refractivity (Wildman–Crippen MR) is 78.6 cm³/mol. The van der Waals surface area contributed by atoms with Crippen LogP contribution in [0, 0.1) is 12.7 Å². The van der Waals surface area contributed by atoms with E-state index in [9.17, 15) is 4.39 Å². The Morgan fingerprint density at radius 2 is 2.11 bits per heavy atom. The third-order valence-electron chi connectivity index (χ3n) is 3.07. The van der Waals surface area contributed by atoms with E-state index in [0.717, 1.165) is 27.7 Å². The summed E-state index contributed by atoms with van der Waals surface area (Å²) in [6, 6.07) is 6.77. The summed E-state index contributed by atoms with van der Waals surface area (Å²) in [6.45, 7) is 4.93. The molecule has 0 bridgehead atoms. The normalized spacial score (nSPS) is 12.4. The molecule has 0 saturated heterocycles. The summed E-state index contributed by atoms with van der Waals surface area (Å²) in [4.78, 5) is 4.19. The topological polar surface area (TPSA) is 24.9 Å². The van der Waals surface area contributed by atoms with E-state index in [1.807, 2.05) is 12.3 Å². The Morgan fingerprint density at radius 3 is 2.74 bits per heavy atom. The SMILES string of the molecule is CCNC(c1cnccc1C)c1ccc(F)cc1Br. The Kier molecular flexibility index (Phi) is 4.66. The van der Waals surface area contributed by atoms with Gasteiger partial charge in [0.2, 0.25) is 0 Å². The molecule has 0 amide bonds. The predicted octanol–water partition coefficient (Wildman–Crippen LogP) is 3.99. The van der Waals surface area contributed by atoms with Crippen molar-refractivity contribution in [3.8, 4) is 0 Å². The van der Waals surface area contributed by atoms with Crippen molar-refractivity contribution in [1.82, 2.24) is 10.3 Å². The Bertz CT molecular complexity index is 572. The first-order valence-electron chi connectivity index (χ1n) is 6.22. The number of hydrogen-bond donors (Lipinski definition) is 1. The number of halogens is 2. The molecule has 0 fully saturated rings. The molecule has 1 aromatic carbocycles. The van der Waals surface area contributed by atoms with E-state index in [1.54, 1.807) is 12.3 Å². The maximum atomic E-state index is 13.2. The monoisotopic (exact) mass is 322 g/mol. The molecule has 0 radical (unpaired) electrons. The Hall–Kier alpha value is -1.26. The van der Waals surface area contributed by atoms with Gasteiger partial charge in [-0.3, -0.25) is 4.98 Å². The van der Waals surface area contributed by atoms with Crippen molar-refractivity contribution >= 4 is 15.9 Å². The second-order valence-corrected chi connectivity index (χ2v) is 5.24. The molecule has 19 heavy (non-hydrogen) atoms. The third-order valence-corrected chi connectivity index (χ3v) is 3.76. The number of pyridine rings is 1. The molecule has 1 heterocycles. The molecule has 1 atom stereocenters. The van der Waals surface area contributed by atoms with Gasteiger partial charge in [0.05, 0.1) is 6.04 Å². The van der Waals surface area contributed by atoms with Crippen LogP contribution in [0.4, 0.5) is 4.39 Å². The molecule has 100 valence electrons. The summed E-state index contributed by atoms with van der Waals surface area (Å²) >= 11 is 3.44. The Morgan fingerprint density at radius 1 is 1.32 bits per heavy atom. The fourth-order valence-corrected chi connectivity index (χ4v) is 2.69. The van der Waals surface area contributed by atoms with E-state index in [0.29, 0.717) is 0 Å². The average molecular weight is 323 g/mol. The van der Waals surface area contributed by atoms with Crippen molar-refractivity contribution in [2.75, 3.05) is 6.54 Å². The average Bonchev–Trinajstić information content (AvgIpc) is 2.38. The lowest BCUT2D eigenvalue weighted by Crippen LogP contribution is -2.23. The minimum absolute atomic E-state index is 0.00803. The van der Waals surface area contributed by atoms with Crippen LogP contribution in [0.15, 0.2) is 41.1 Å². The van der Waals surface area contributed by atoms with Crippen molar-refractivity contribution in [1.29, 1.82) is 0 Å². The molecule has 1 aromatic heterocycles. The van der Waals surface area contributed by atoms with Gasteiger partial charge in [-0.15, -0.1) is 0 Å². The molecular weight excluding hydrogens is 307 g/mol. The lowest BCUT2D eigenvalue weighted by atomic mass is 9.96. The number of rotatable bonds is 4. The second kappa shape index (κ2) is 6.26. The van der Waals surface area contributed by atoms with Crippen LogP contribution < -0.4 is 5.32 Å². The summed E-state index contributed by atoms with van der Waals surface area (Å²) in [5.74, 6) is -0.242. The second-order valence-electron chi connectivity index (χ2n) is 4.39. The summed E-state index contributed by atoms with van der Waals surface area (Å²) < 4.78 is 14.0. The van der Waals surface area contributed by atoms with Crippen LogP contribution in [-0.2, 0) is 0 Å². The quantitative estimate of drug-likeness (QED) is 0.920. The number of aryl methyl sites for hydroxylation is 1. The van der Waals surface area contributed by atoms with Crippen LogP contribution in [0.2, 0.25) is 0 Å². The molecule has 1 N–H and O–H groups in total. The maximum Gasteiger partial charge on any atom is 0.124 e. The van der Waals surface area contributed by atoms with Gasteiger partial charge in [-0.1, -0.05) is 28.9 Å². The molecule has 0 aliphatic rings. The smallest absolute Gasteiger partial charge is 0.124 e. The van der Waals surface area contributed by atoms with Crippen molar-refractivity contribution in [2.24, 2.45) is 0 Å². The van der Waals surface area contributed by atoms with E-state index in [4.69, 9.17) is 0 Å². The number of nitrogens with zero attached hydrogens (tertiary/aromatic N) is 1. The minimum atomic E-state index is -0.242. The maximum absolute atomic E-state index is 13.2. The van der Waals surface area contributed by atoms with Crippen molar-refractivity contribution < 1.29 is 4.39 Å². The van der Waals surface area contributed by atoms with Gasteiger partial charge in [-0.2, -0.15) is 0 Å². The first kappa shape index (κ1) is 14.2. The summed E-state index contributed by atoms with van der Waals surface area (Å²) in [5.41, 5.74) is 3.29. The lowest BCUT2D eigenvalue weighted by molar-refractivity contribution is 0.608. The fourth-order valence-electron chi connectivity index (χ4n) is 2.11. The largest absolute Gasteiger partial charge is 0.306 e. The van der Waals surface area contributed by atoms with E-state index in [-0.39, 0.29) is 11.9 Å². The van der Waals surface area contributed by atoms with Crippen LogP contribution >= 0.6 is 15.9 Å². The van der Waals surface area contributed by atoms with Gasteiger partial charge in [0.25, 0.3) is 0 Å². The van der Waals surface area contributed by atoms with Crippen molar-refractivity contribution in [2.45, 2.75) is 19.9 Å². The number of hydrogen-bond acceptors (Lipinski definition) is 2. The lowest BCUT2D eigenvalue weighted by Gasteiger charge is -2.21. The van der Waals surface area contributed by atoms with Crippen LogP contribution in [-0.4, -0.2) is 11.5 Å². The Balaban J connectivity index is 2.48. The first-order valence-corrected chi connectivity index (χ1v) is 7.01.